The largest absolute Gasteiger partial charge is 0.481 e. The molecule has 0 fully saturated rings. The summed E-state index contributed by atoms with van der Waals surface area (Å²) in [6.07, 6.45) is 10.3. The molecule has 0 aromatic heterocycles. The van der Waals surface area contributed by atoms with Gasteiger partial charge in [0.1, 0.15) is 0 Å². The molecule has 0 heterocycles. The van der Waals surface area contributed by atoms with Crippen molar-refractivity contribution in [2.24, 2.45) is 5.92 Å². The van der Waals surface area contributed by atoms with Crippen LogP contribution in [0, 0.1) is 17.2 Å². The normalized spacial score (nSPS) is 11.4. The molecule has 0 aliphatic heterocycles. The van der Waals surface area contributed by atoms with Crippen molar-refractivity contribution in [3.05, 3.63) is 34.9 Å². The van der Waals surface area contributed by atoms with Gasteiger partial charge in [-0.1, -0.05) is 35.8 Å². The van der Waals surface area contributed by atoms with Gasteiger partial charge in [-0.25, -0.2) is 0 Å². The van der Waals surface area contributed by atoms with Crippen molar-refractivity contribution in [1.82, 2.24) is 0 Å². The molecular formula is C20H33NO2. The molecule has 1 unspecified atom stereocenters. The lowest BCUT2D eigenvalue weighted by Gasteiger charge is -2.05. The summed E-state index contributed by atoms with van der Waals surface area (Å²) in [5, 5.41) is 16.8. The van der Waals surface area contributed by atoms with Crippen molar-refractivity contribution in [2.75, 3.05) is 0 Å². The maximum atomic E-state index is 10.3. The third-order valence-corrected chi connectivity index (χ3v) is 3.14. The summed E-state index contributed by atoms with van der Waals surface area (Å²) in [7, 11) is 0. The predicted molar refractivity (Wildman–Crippen MR) is 98.1 cm³/mol. The van der Waals surface area contributed by atoms with Gasteiger partial charge in [0, 0.05) is 12.5 Å². The average molecular weight is 319 g/mol. The molecule has 1 atom stereocenters. The van der Waals surface area contributed by atoms with E-state index in [1.54, 1.807) is 6.08 Å². The van der Waals surface area contributed by atoms with Gasteiger partial charge in [-0.15, -0.1) is 0 Å². The highest BCUT2D eigenvalue weighted by molar-refractivity contribution is 5.66. The fraction of sp³-hybridized carbons (Fsp3) is 0.600. The van der Waals surface area contributed by atoms with Crippen LogP contribution in [0.2, 0.25) is 0 Å². The van der Waals surface area contributed by atoms with E-state index in [2.05, 4.69) is 39.8 Å². The maximum Gasteiger partial charge on any atom is 0.303 e. The zero-order valence-corrected chi connectivity index (χ0v) is 15.6. The second-order valence-electron chi connectivity index (χ2n) is 6.50. The maximum absolute atomic E-state index is 10.3. The molecule has 0 radical (unpaired) electrons. The van der Waals surface area contributed by atoms with Crippen LogP contribution >= 0.6 is 0 Å². The van der Waals surface area contributed by atoms with Gasteiger partial charge < -0.3 is 5.11 Å². The predicted octanol–water partition coefficient (Wildman–Crippen LogP) is 6.05. The summed E-state index contributed by atoms with van der Waals surface area (Å²) in [6.45, 7) is 12.3. The van der Waals surface area contributed by atoms with E-state index in [4.69, 9.17) is 10.4 Å². The van der Waals surface area contributed by atoms with E-state index in [0.717, 1.165) is 31.3 Å². The van der Waals surface area contributed by atoms with Gasteiger partial charge >= 0.3 is 5.97 Å². The van der Waals surface area contributed by atoms with Crippen LogP contribution < -0.4 is 0 Å². The van der Waals surface area contributed by atoms with E-state index in [9.17, 15) is 4.79 Å². The first kappa shape index (κ1) is 23.4. The van der Waals surface area contributed by atoms with Crippen molar-refractivity contribution in [3.8, 4) is 6.07 Å². The molecule has 3 heteroatoms. The fourth-order valence-electron chi connectivity index (χ4n) is 1.83. The molecule has 130 valence electrons. The van der Waals surface area contributed by atoms with Crippen LogP contribution in [0.3, 0.4) is 0 Å². The molecule has 0 bridgehead atoms. The first-order valence-corrected chi connectivity index (χ1v) is 8.22. The third-order valence-electron chi connectivity index (χ3n) is 3.14. The van der Waals surface area contributed by atoms with E-state index < -0.39 is 5.97 Å². The van der Waals surface area contributed by atoms with Crippen LogP contribution in [-0.4, -0.2) is 11.1 Å². The highest BCUT2D eigenvalue weighted by Gasteiger charge is 2.05. The molecule has 0 aromatic carbocycles. The fourth-order valence-corrected chi connectivity index (χ4v) is 1.83. The summed E-state index contributed by atoms with van der Waals surface area (Å²) in [5.74, 6) is -0.405. The van der Waals surface area contributed by atoms with Crippen molar-refractivity contribution in [1.29, 1.82) is 5.26 Å². The Morgan fingerprint density at radius 1 is 1.09 bits per heavy atom. The molecule has 0 amide bonds. The minimum atomic E-state index is -0.695. The van der Waals surface area contributed by atoms with Crippen molar-refractivity contribution in [2.45, 2.75) is 73.6 Å². The highest BCUT2D eigenvalue weighted by Crippen LogP contribution is 2.11. The number of allylic oxidation sites excluding steroid dienone is 6. The molecule has 23 heavy (non-hydrogen) atoms. The van der Waals surface area contributed by atoms with E-state index in [-0.39, 0.29) is 12.3 Å². The standard InChI is InChI=1S/C10H15N.C10H18O2/c1-9(2)5-4-6-10(3)7-8-11;1-8(2)5-4-6-9(3)7-10(11)12/h5,7H,4,6H2,1-3H3;5,9H,4,6-7H2,1-3H3,(H,11,12). The summed E-state index contributed by atoms with van der Waals surface area (Å²) in [6, 6.07) is 2.02. The number of hydrogen-bond donors (Lipinski definition) is 1. The van der Waals surface area contributed by atoms with E-state index in [1.165, 1.54) is 11.1 Å². The molecule has 3 nitrogen and oxygen atoms in total. The van der Waals surface area contributed by atoms with E-state index in [0.29, 0.717) is 0 Å². The lowest BCUT2D eigenvalue weighted by molar-refractivity contribution is -0.138. The molecule has 0 aliphatic carbocycles. The van der Waals surface area contributed by atoms with Crippen LogP contribution in [0.4, 0.5) is 0 Å². The van der Waals surface area contributed by atoms with Gasteiger partial charge in [0.2, 0.25) is 0 Å². The Hall–Kier alpha value is -1.82. The Bertz CT molecular complexity index is 457. The molecule has 0 saturated carbocycles. The SMILES string of the molecule is CC(C)=CCCC(C)=CC#N.CC(C)=CCCC(C)CC(=O)O. The van der Waals surface area contributed by atoms with Gasteiger partial charge in [-0.2, -0.15) is 5.26 Å². The van der Waals surface area contributed by atoms with Crippen LogP contribution in [0.25, 0.3) is 0 Å². The molecule has 0 aromatic rings. The Labute approximate surface area is 142 Å². The first-order valence-electron chi connectivity index (χ1n) is 8.22. The van der Waals surface area contributed by atoms with Gasteiger partial charge in [0.05, 0.1) is 6.07 Å². The Morgan fingerprint density at radius 3 is 2.04 bits per heavy atom. The number of nitrogens with zero attached hydrogens (tertiary/aromatic N) is 1. The molecule has 0 rings (SSSR count). The summed E-state index contributed by atoms with van der Waals surface area (Å²) in [5.41, 5.74) is 3.80. The molecule has 0 spiro atoms. The van der Waals surface area contributed by atoms with Crippen LogP contribution in [0.5, 0.6) is 0 Å². The Kier molecular flexibility index (Phi) is 15.4. The number of carboxylic acid groups (broad SMARTS) is 1. The van der Waals surface area contributed by atoms with Crippen LogP contribution in [0.1, 0.15) is 73.6 Å². The number of rotatable bonds is 8. The third kappa shape index (κ3) is 22.6. The highest BCUT2D eigenvalue weighted by atomic mass is 16.4. The second kappa shape index (κ2) is 15.1. The Balaban J connectivity index is 0. The van der Waals surface area contributed by atoms with E-state index in [1.807, 2.05) is 19.9 Å². The van der Waals surface area contributed by atoms with Crippen LogP contribution in [-0.2, 0) is 4.79 Å². The van der Waals surface area contributed by atoms with Crippen molar-refractivity contribution < 1.29 is 9.90 Å². The zero-order chi connectivity index (χ0) is 18.3. The first-order chi connectivity index (χ1) is 10.7. The number of carboxylic acids is 1. The minimum absolute atomic E-state index is 0.288. The zero-order valence-electron chi connectivity index (χ0n) is 15.6. The lowest BCUT2D eigenvalue weighted by Crippen LogP contribution is -2.03. The minimum Gasteiger partial charge on any atom is -0.481 e. The van der Waals surface area contributed by atoms with Crippen molar-refractivity contribution in [3.63, 3.8) is 0 Å². The summed E-state index contributed by atoms with van der Waals surface area (Å²) in [4.78, 5) is 10.3. The van der Waals surface area contributed by atoms with Crippen molar-refractivity contribution >= 4 is 5.97 Å². The van der Waals surface area contributed by atoms with Gasteiger partial charge in [-0.3, -0.25) is 4.79 Å². The Morgan fingerprint density at radius 2 is 1.61 bits per heavy atom. The number of carbonyl (C=O) groups is 1. The topological polar surface area (TPSA) is 61.1 Å². The number of nitriles is 1. The monoisotopic (exact) mass is 319 g/mol. The smallest absolute Gasteiger partial charge is 0.303 e. The lowest BCUT2D eigenvalue weighted by atomic mass is 10.0. The molecular weight excluding hydrogens is 286 g/mol. The molecule has 0 aliphatic rings. The summed E-state index contributed by atoms with van der Waals surface area (Å²) < 4.78 is 0. The van der Waals surface area contributed by atoms with Gasteiger partial charge in [0.25, 0.3) is 0 Å². The number of hydrogen-bond acceptors (Lipinski definition) is 2. The van der Waals surface area contributed by atoms with E-state index >= 15 is 0 Å². The molecule has 0 saturated heterocycles. The molecule has 1 N–H and O–H groups in total. The summed E-state index contributed by atoms with van der Waals surface area (Å²) >= 11 is 0. The van der Waals surface area contributed by atoms with Gasteiger partial charge in [0.15, 0.2) is 0 Å². The van der Waals surface area contributed by atoms with Crippen LogP contribution in [0.15, 0.2) is 34.9 Å². The quantitative estimate of drug-likeness (QED) is 0.438. The second-order valence-corrected chi connectivity index (χ2v) is 6.50. The number of aliphatic carboxylic acids is 1. The average Bonchev–Trinajstić information content (AvgIpc) is 2.37. The van der Waals surface area contributed by atoms with Gasteiger partial charge in [-0.05, 0) is 66.2 Å².